The molecule has 0 saturated carbocycles. The molecule has 0 unspecified atom stereocenters. The Hall–Kier alpha value is -1.29. The molecule has 1 aromatic heterocycles. The summed E-state index contributed by atoms with van der Waals surface area (Å²) in [6.07, 6.45) is 1.32. The Kier molecular flexibility index (Phi) is 2.19. The van der Waals surface area contributed by atoms with Gasteiger partial charge in [-0.25, -0.2) is 4.79 Å². The molecule has 64 valence electrons. The first-order valence-electron chi connectivity index (χ1n) is 3.15. The minimum Gasteiger partial charge on any atom is -0.477 e. The van der Waals surface area contributed by atoms with Crippen LogP contribution in [-0.2, 0) is 0 Å². The number of hydrogen-bond donors (Lipinski definition) is 2. The Bertz CT molecular complexity index is 383. The number of aromatic amines is 1. The van der Waals surface area contributed by atoms with Gasteiger partial charge in [-0.3, -0.25) is 4.79 Å². The van der Waals surface area contributed by atoms with Crippen molar-refractivity contribution in [2.75, 3.05) is 0 Å². The lowest BCUT2D eigenvalue weighted by atomic mass is 10.2. The normalized spacial score (nSPS) is 9.83. The molecule has 0 aliphatic heterocycles. The van der Waals surface area contributed by atoms with E-state index in [2.05, 4.69) is 4.98 Å². The molecule has 0 spiro atoms. The first kappa shape index (κ1) is 8.80. The molecule has 1 aromatic rings. The van der Waals surface area contributed by atoms with Crippen LogP contribution < -0.4 is 5.43 Å². The van der Waals surface area contributed by atoms with Gasteiger partial charge >= 0.3 is 5.97 Å². The third-order valence-electron chi connectivity index (χ3n) is 1.42. The van der Waals surface area contributed by atoms with Crippen LogP contribution in [0.2, 0.25) is 5.02 Å². The van der Waals surface area contributed by atoms with Crippen LogP contribution in [0.5, 0.6) is 0 Å². The SMILES string of the molecule is Cc1c[nH]c(C(=O)O)c(Cl)c1=O. The summed E-state index contributed by atoms with van der Waals surface area (Å²) in [6, 6.07) is 0. The minimum atomic E-state index is -1.24. The number of carboxylic acids is 1. The molecule has 0 aliphatic carbocycles. The van der Waals surface area contributed by atoms with E-state index < -0.39 is 11.4 Å². The lowest BCUT2D eigenvalue weighted by Crippen LogP contribution is -2.13. The first-order valence-corrected chi connectivity index (χ1v) is 3.53. The molecule has 2 N–H and O–H groups in total. The maximum absolute atomic E-state index is 11.1. The van der Waals surface area contributed by atoms with E-state index in [1.807, 2.05) is 0 Å². The predicted octanol–water partition coefficient (Wildman–Crippen LogP) is 1.03. The topological polar surface area (TPSA) is 70.2 Å². The highest BCUT2D eigenvalue weighted by atomic mass is 35.5. The van der Waals surface area contributed by atoms with Gasteiger partial charge in [0.2, 0.25) is 5.43 Å². The second-order valence-corrected chi connectivity index (χ2v) is 2.67. The van der Waals surface area contributed by atoms with Crippen LogP contribution in [0.1, 0.15) is 16.1 Å². The molecule has 0 saturated heterocycles. The van der Waals surface area contributed by atoms with Crippen molar-refractivity contribution >= 4 is 17.6 Å². The molecule has 0 atom stereocenters. The number of nitrogens with one attached hydrogen (secondary N) is 1. The summed E-state index contributed by atoms with van der Waals surface area (Å²) in [6.45, 7) is 1.55. The largest absolute Gasteiger partial charge is 0.477 e. The average Bonchev–Trinajstić information content (AvgIpc) is 2.00. The van der Waals surface area contributed by atoms with Crippen molar-refractivity contribution in [2.24, 2.45) is 0 Å². The molecule has 0 fully saturated rings. The third kappa shape index (κ3) is 1.33. The van der Waals surface area contributed by atoms with E-state index >= 15 is 0 Å². The predicted molar refractivity (Wildman–Crippen MR) is 43.8 cm³/mol. The van der Waals surface area contributed by atoms with Crippen molar-refractivity contribution in [3.63, 3.8) is 0 Å². The fraction of sp³-hybridized carbons (Fsp3) is 0.143. The van der Waals surface area contributed by atoms with Crippen LogP contribution in [0.25, 0.3) is 0 Å². The van der Waals surface area contributed by atoms with E-state index in [0.717, 1.165) is 0 Å². The summed E-state index contributed by atoms with van der Waals surface area (Å²) in [5.41, 5.74) is -0.329. The first-order chi connectivity index (χ1) is 5.54. The van der Waals surface area contributed by atoms with Crippen LogP contribution in [0.4, 0.5) is 0 Å². The second kappa shape index (κ2) is 2.98. The zero-order chi connectivity index (χ0) is 9.30. The maximum Gasteiger partial charge on any atom is 0.354 e. The highest BCUT2D eigenvalue weighted by Crippen LogP contribution is 2.07. The van der Waals surface area contributed by atoms with Crippen LogP contribution in [0.15, 0.2) is 11.0 Å². The molecule has 4 nitrogen and oxygen atoms in total. The van der Waals surface area contributed by atoms with Gasteiger partial charge in [0.15, 0.2) is 0 Å². The molecular weight excluding hydrogens is 182 g/mol. The van der Waals surface area contributed by atoms with Crippen molar-refractivity contribution in [3.8, 4) is 0 Å². The molecule has 0 radical (unpaired) electrons. The van der Waals surface area contributed by atoms with Crippen LogP contribution >= 0.6 is 11.6 Å². The minimum absolute atomic E-state index is 0.271. The highest BCUT2D eigenvalue weighted by Gasteiger charge is 2.12. The van der Waals surface area contributed by atoms with Crippen molar-refractivity contribution in [3.05, 3.63) is 32.7 Å². The molecule has 0 bridgehead atoms. The number of H-pyrrole nitrogens is 1. The Morgan fingerprint density at radius 3 is 2.75 bits per heavy atom. The van der Waals surface area contributed by atoms with Gasteiger partial charge in [0, 0.05) is 11.8 Å². The number of carbonyl (C=O) groups is 1. The summed E-state index contributed by atoms with van der Waals surface area (Å²) < 4.78 is 0. The number of aryl methyl sites for hydroxylation is 1. The van der Waals surface area contributed by atoms with Gasteiger partial charge in [0.05, 0.1) is 0 Å². The zero-order valence-corrected chi connectivity index (χ0v) is 6.97. The number of aromatic nitrogens is 1. The van der Waals surface area contributed by atoms with Gasteiger partial charge in [-0.2, -0.15) is 0 Å². The van der Waals surface area contributed by atoms with Gasteiger partial charge in [-0.05, 0) is 6.92 Å². The second-order valence-electron chi connectivity index (χ2n) is 2.29. The number of halogens is 1. The molecular formula is C7H6ClNO3. The molecule has 1 rings (SSSR count). The number of carboxylic acid groups (broad SMARTS) is 1. The molecule has 0 aliphatic rings. The van der Waals surface area contributed by atoms with Crippen molar-refractivity contribution < 1.29 is 9.90 Å². The monoisotopic (exact) mass is 187 g/mol. The number of aromatic carboxylic acids is 1. The summed E-state index contributed by atoms with van der Waals surface area (Å²) in [7, 11) is 0. The number of hydrogen-bond acceptors (Lipinski definition) is 2. The zero-order valence-electron chi connectivity index (χ0n) is 6.22. The van der Waals surface area contributed by atoms with Gasteiger partial charge in [0.25, 0.3) is 0 Å². The summed E-state index contributed by atoms with van der Waals surface area (Å²) in [5.74, 6) is -1.24. The molecule has 0 amide bonds. The highest BCUT2D eigenvalue weighted by molar-refractivity contribution is 6.33. The lowest BCUT2D eigenvalue weighted by Gasteiger charge is -1.98. The fourth-order valence-electron chi connectivity index (χ4n) is 0.752. The summed E-state index contributed by atoms with van der Waals surface area (Å²) >= 11 is 5.47. The number of pyridine rings is 1. The average molecular weight is 188 g/mol. The van der Waals surface area contributed by atoms with Crippen LogP contribution in [0, 0.1) is 6.92 Å². The van der Waals surface area contributed by atoms with Gasteiger partial charge in [0.1, 0.15) is 10.7 Å². The van der Waals surface area contributed by atoms with E-state index in [0.29, 0.717) is 5.56 Å². The van der Waals surface area contributed by atoms with Crippen LogP contribution in [-0.4, -0.2) is 16.1 Å². The quantitative estimate of drug-likeness (QED) is 0.690. The maximum atomic E-state index is 11.1. The van der Waals surface area contributed by atoms with E-state index in [9.17, 15) is 9.59 Å². The van der Waals surface area contributed by atoms with Crippen molar-refractivity contribution in [2.45, 2.75) is 6.92 Å². The molecule has 5 heteroatoms. The van der Waals surface area contributed by atoms with Crippen molar-refractivity contribution in [1.29, 1.82) is 0 Å². The Balaban J connectivity index is 3.47. The smallest absolute Gasteiger partial charge is 0.354 e. The Labute approximate surface area is 72.8 Å². The van der Waals surface area contributed by atoms with E-state index in [1.165, 1.54) is 6.20 Å². The lowest BCUT2D eigenvalue weighted by molar-refractivity contribution is 0.0690. The Morgan fingerprint density at radius 2 is 2.25 bits per heavy atom. The van der Waals surface area contributed by atoms with E-state index in [-0.39, 0.29) is 10.7 Å². The van der Waals surface area contributed by atoms with Gasteiger partial charge < -0.3 is 10.1 Å². The van der Waals surface area contributed by atoms with Crippen LogP contribution in [0.3, 0.4) is 0 Å². The molecule has 12 heavy (non-hydrogen) atoms. The summed E-state index contributed by atoms with van der Waals surface area (Å²) in [4.78, 5) is 23.9. The third-order valence-corrected chi connectivity index (χ3v) is 1.78. The number of rotatable bonds is 1. The summed E-state index contributed by atoms with van der Waals surface area (Å²) in [5, 5.41) is 8.25. The standard InChI is InChI=1S/C7H6ClNO3/c1-3-2-9-5(7(11)12)4(8)6(3)10/h2H,1H3,(H,9,10)(H,11,12). The van der Waals surface area contributed by atoms with E-state index in [4.69, 9.17) is 16.7 Å². The fourth-order valence-corrected chi connectivity index (χ4v) is 1.04. The van der Waals surface area contributed by atoms with Crippen molar-refractivity contribution in [1.82, 2.24) is 4.98 Å². The van der Waals surface area contributed by atoms with Gasteiger partial charge in [-0.15, -0.1) is 0 Å². The van der Waals surface area contributed by atoms with E-state index in [1.54, 1.807) is 6.92 Å². The van der Waals surface area contributed by atoms with Gasteiger partial charge in [-0.1, -0.05) is 11.6 Å². The Morgan fingerprint density at radius 1 is 1.67 bits per heavy atom. The molecule has 0 aromatic carbocycles. The molecule has 1 heterocycles.